The summed E-state index contributed by atoms with van der Waals surface area (Å²) in [5.74, 6) is 0.439. The summed E-state index contributed by atoms with van der Waals surface area (Å²) in [4.78, 5) is 19.1. The standard InChI is InChI=1S/C17H22N3O3P/c1-4-23-24(3,22)13-9-11-20(12-10-13)16-17(21)19(2)15-8-6-5-7-14(15)18-16/h5-9H,4,10-12H2,1-3H3. The molecule has 1 aliphatic rings. The fraction of sp³-hybridized carbons (Fsp3) is 0.412. The van der Waals surface area contributed by atoms with E-state index in [0.717, 1.165) is 16.3 Å². The minimum absolute atomic E-state index is 0.116. The van der Waals surface area contributed by atoms with Crippen molar-refractivity contribution in [1.82, 2.24) is 9.55 Å². The second-order valence-electron chi connectivity index (χ2n) is 5.94. The molecule has 1 aromatic heterocycles. The highest BCUT2D eigenvalue weighted by molar-refractivity contribution is 7.62. The minimum Gasteiger partial charge on any atom is -0.348 e. The van der Waals surface area contributed by atoms with Crippen LogP contribution in [0.5, 0.6) is 0 Å². The Labute approximate surface area is 141 Å². The van der Waals surface area contributed by atoms with Crippen LogP contribution in [0.4, 0.5) is 5.82 Å². The van der Waals surface area contributed by atoms with Crippen LogP contribution in [0.15, 0.2) is 40.5 Å². The molecule has 7 heteroatoms. The van der Waals surface area contributed by atoms with Gasteiger partial charge in [-0.1, -0.05) is 18.2 Å². The zero-order valence-corrected chi connectivity index (χ0v) is 15.1. The zero-order valence-electron chi connectivity index (χ0n) is 14.2. The van der Waals surface area contributed by atoms with Crippen LogP contribution in [0.2, 0.25) is 0 Å². The second-order valence-corrected chi connectivity index (χ2v) is 8.47. The molecular weight excluding hydrogens is 325 g/mol. The molecular formula is C17H22N3O3P. The van der Waals surface area contributed by atoms with E-state index in [1.807, 2.05) is 42.2 Å². The van der Waals surface area contributed by atoms with Crippen LogP contribution in [0, 0.1) is 0 Å². The number of aromatic nitrogens is 2. The van der Waals surface area contributed by atoms with Gasteiger partial charge in [-0.25, -0.2) is 4.98 Å². The van der Waals surface area contributed by atoms with Gasteiger partial charge in [0, 0.05) is 32.1 Å². The number of aryl methyl sites for hydroxylation is 1. The maximum absolute atomic E-state index is 12.6. The number of hydrogen-bond acceptors (Lipinski definition) is 5. The Balaban J connectivity index is 1.94. The summed E-state index contributed by atoms with van der Waals surface area (Å²) in [6.45, 7) is 5.06. The van der Waals surface area contributed by atoms with E-state index >= 15 is 0 Å². The predicted molar refractivity (Wildman–Crippen MR) is 97.1 cm³/mol. The van der Waals surface area contributed by atoms with E-state index in [1.165, 1.54) is 0 Å². The lowest BCUT2D eigenvalue weighted by Crippen LogP contribution is -2.36. The number of anilines is 1. The molecule has 1 aliphatic heterocycles. The molecule has 24 heavy (non-hydrogen) atoms. The van der Waals surface area contributed by atoms with E-state index in [2.05, 4.69) is 4.98 Å². The SMILES string of the molecule is CCOP(C)(=O)C1=CCN(c2nc3ccccc3n(C)c2=O)CC1. The minimum atomic E-state index is -2.72. The molecule has 128 valence electrons. The third-order valence-electron chi connectivity index (χ3n) is 4.35. The first-order valence-electron chi connectivity index (χ1n) is 8.06. The Hall–Kier alpha value is -1.91. The highest BCUT2D eigenvalue weighted by Gasteiger charge is 2.26. The molecule has 0 aliphatic carbocycles. The van der Waals surface area contributed by atoms with Crippen molar-refractivity contribution in [3.8, 4) is 0 Å². The van der Waals surface area contributed by atoms with Gasteiger partial charge in [0.15, 0.2) is 5.82 Å². The van der Waals surface area contributed by atoms with Gasteiger partial charge in [0.25, 0.3) is 5.56 Å². The largest absolute Gasteiger partial charge is 0.348 e. The highest BCUT2D eigenvalue weighted by Crippen LogP contribution is 2.53. The van der Waals surface area contributed by atoms with Gasteiger partial charge in [-0.2, -0.15) is 0 Å². The monoisotopic (exact) mass is 347 g/mol. The first-order valence-corrected chi connectivity index (χ1v) is 10.1. The smallest absolute Gasteiger partial charge is 0.293 e. The Morgan fingerprint density at radius 3 is 2.75 bits per heavy atom. The molecule has 3 rings (SSSR count). The van der Waals surface area contributed by atoms with Crippen molar-refractivity contribution in [3.63, 3.8) is 0 Å². The van der Waals surface area contributed by atoms with Crippen LogP contribution in [0.3, 0.4) is 0 Å². The van der Waals surface area contributed by atoms with Gasteiger partial charge in [0.1, 0.15) is 0 Å². The third kappa shape index (κ3) is 3.04. The topological polar surface area (TPSA) is 64.4 Å². The first kappa shape index (κ1) is 16.9. The van der Waals surface area contributed by atoms with Gasteiger partial charge >= 0.3 is 0 Å². The van der Waals surface area contributed by atoms with Gasteiger partial charge < -0.3 is 14.0 Å². The fourth-order valence-corrected chi connectivity index (χ4v) is 4.60. The van der Waals surface area contributed by atoms with Crippen LogP contribution >= 0.6 is 7.37 Å². The van der Waals surface area contributed by atoms with Crippen LogP contribution < -0.4 is 10.5 Å². The summed E-state index contributed by atoms with van der Waals surface area (Å²) in [6, 6.07) is 7.59. The molecule has 0 N–H and O–H groups in total. The number of fused-ring (bicyclic) bond motifs is 1. The zero-order chi connectivity index (χ0) is 17.3. The van der Waals surface area contributed by atoms with Crippen LogP contribution in [0.25, 0.3) is 11.0 Å². The summed E-state index contributed by atoms with van der Waals surface area (Å²) < 4.78 is 19.5. The third-order valence-corrected chi connectivity index (χ3v) is 6.55. The Morgan fingerprint density at radius 2 is 2.08 bits per heavy atom. The molecule has 6 nitrogen and oxygen atoms in total. The molecule has 2 heterocycles. The lowest BCUT2D eigenvalue weighted by Gasteiger charge is -2.29. The summed E-state index contributed by atoms with van der Waals surface area (Å²) in [6.07, 6.45) is 2.53. The van der Waals surface area contributed by atoms with Crippen LogP contribution in [0.1, 0.15) is 13.3 Å². The van der Waals surface area contributed by atoms with Crippen LogP contribution in [-0.2, 0) is 16.1 Å². The first-order chi connectivity index (χ1) is 11.4. The normalized spacial score (nSPS) is 17.6. The molecule has 0 saturated heterocycles. The lowest BCUT2D eigenvalue weighted by atomic mass is 10.2. The molecule has 0 fully saturated rings. The van der Waals surface area contributed by atoms with Crippen molar-refractivity contribution in [1.29, 1.82) is 0 Å². The Kier molecular flexibility index (Phi) is 4.61. The highest BCUT2D eigenvalue weighted by atomic mass is 31.2. The van der Waals surface area contributed by atoms with E-state index in [0.29, 0.717) is 31.9 Å². The van der Waals surface area contributed by atoms with Crippen molar-refractivity contribution in [2.45, 2.75) is 13.3 Å². The average molecular weight is 347 g/mol. The van der Waals surface area contributed by atoms with Crippen molar-refractivity contribution in [2.24, 2.45) is 7.05 Å². The van der Waals surface area contributed by atoms with Gasteiger partial charge in [-0.05, 0) is 25.5 Å². The molecule has 1 atom stereocenters. The number of nitrogens with zero attached hydrogens (tertiary/aromatic N) is 3. The number of rotatable bonds is 4. The van der Waals surface area contributed by atoms with Gasteiger partial charge in [0.05, 0.1) is 17.6 Å². The van der Waals surface area contributed by atoms with Gasteiger partial charge in [-0.3, -0.25) is 9.36 Å². The molecule has 1 aromatic carbocycles. The molecule has 0 bridgehead atoms. The Morgan fingerprint density at radius 1 is 1.33 bits per heavy atom. The molecule has 1 unspecified atom stereocenters. The van der Waals surface area contributed by atoms with E-state index in [9.17, 15) is 9.36 Å². The summed E-state index contributed by atoms with van der Waals surface area (Å²) >= 11 is 0. The molecule has 0 radical (unpaired) electrons. The quantitative estimate of drug-likeness (QED) is 0.796. The number of benzene rings is 1. The summed E-state index contributed by atoms with van der Waals surface area (Å²) in [5, 5.41) is 0.846. The van der Waals surface area contributed by atoms with Crippen LogP contribution in [-0.4, -0.2) is 35.9 Å². The number of hydrogen-bond donors (Lipinski definition) is 0. The van der Waals surface area contributed by atoms with Gasteiger partial charge in [-0.15, -0.1) is 0 Å². The maximum atomic E-state index is 12.6. The molecule has 2 aromatic rings. The predicted octanol–water partition coefficient (Wildman–Crippen LogP) is 2.97. The van der Waals surface area contributed by atoms with E-state index in [1.54, 1.807) is 18.3 Å². The summed E-state index contributed by atoms with van der Waals surface area (Å²) in [7, 11) is -0.956. The maximum Gasteiger partial charge on any atom is 0.293 e. The summed E-state index contributed by atoms with van der Waals surface area (Å²) in [5.41, 5.74) is 1.49. The van der Waals surface area contributed by atoms with Crippen molar-refractivity contribution < 1.29 is 9.09 Å². The van der Waals surface area contributed by atoms with Gasteiger partial charge in [0.2, 0.25) is 7.37 Å². The lowest BCUT2D eigenvalue weighted by molar-refractivity contribution is 0.341. The van der Waals surface area contributed by atoms with Crippen molar-refractivity contribution in [3.05, 3.63) is 46.0 Å². The second kappa shape index (κ2) is 6.54. The van der Waals surface area contributed by atoms with E-state index < -0.39 is 7.37 Å². The van der Waals surface area contributed by atoms with E-state index in [-0.39, 0.29) is 5.56 Å². The molecule has 0 amide bonds. The van der Waals surface area contributed by atoms with Crippen molar-refractivity contribution in [2.75, 3.05) is 31.3 Å². The number of para-hydroxylation sites is 2. The Bertz CT molecular complexity index is 904. The van der Waals surface area contributed by atoms with E-state index in [4.69, 9.17) is 4.52 Å². The molecule has 0 saturated carbocycles. The average Bonchev–Trinajstić information content (AvgIpc) is 2.58. The molecule has 0 spiro atoms. The van der Waals surface area contributed by atoms with Crippen molar-refractivity contribution >= 4 is 24.2 Å². The fourth-order valence-electron chi connectivity index (χ4n) is 3.02.